The third kappa shape index (κ3) is 2.89. The molecule has 1 aromatic carbocycles. The summed E-state index contributed by atoms with van der Waals surface area (Å²) >= 11 is 0. The van der Waals surface area contributed by atoms with Crippen molar-refractivity contribution < 1.29 is 9.59 Å². The zero-order valence-electron chi connectivity index (χ0n) is 11.5. The van der Waals surface area contributed by atoms with Gasteiger partial charge in [-0.25, -0.2) is 4.99 Å². The van der Waals surface area contributed by atoms with Gasteiger partial charge in [-0.15, -0.1) is 0 Å². The first kappa shape index (κ1) is 13.5. The molecule has 0 radical (unpaired) electrons. The maximum Gasteiger partial charge on any atom is 0.253 e. The summed E-state index contributed by atoms with van der Waals surface area (Å²) in [5.41, 5.74) is 2.15. The number of hydrogen-bond donors (Lipinski definition) is 1. The van der Waals surface area contributed by atoms with Crippen LogP contribution in [-0.2, 0) is 9.59 Å². The van der Waals surface area contributed by atoms with Crippen LogP contribution in [0, 0.1) is 19.8 Å². The van der Waals surface area contributed by atoms with Crippen LogP contribution in [0.5, 0.6) is 0 Å². The normalized spacial score (nSPS) is 17.2. The fraction of sp³-hybridized carbons (Fsp3) is 0.400. The van der Waals surface area contributed by atoms with Crippen LogP contribution < -0.4 is 15.9 Å². The molecule has 4 heteroatoms. The monoisotopic (exact) mass is 258 g/mol. The average molecular weight is 258 g/mol. The number of aryl methyl sites for hydroxylation is 2. The van der Waals surface area contributed by atoms with E-state index in [2.05, 4.69) is 10.3 Å². The van der Waals surface area contributed by atoms with E-state index in [0.717, 1.165) is 21.7 Å². The topological polar surface area (TPSA) is 58.5 Å². The Kier molecular flexibility index (Phi) is 3.79. The van der Waals surface area contributed by atoms with Crippen molar-refractivity contribution in [3.8, 4) is 0 Å². The second-order valence-electron chi connectivity index (χ2n) is 4.96. The van der Waals surface area contributed by atoms with Gasteiger partial charge in [0.15, 0.2) is 0 Å². The van der Waals surface area contributed by atoms with Gasteiger partial charge < -0.3 is 5.32 Å². The highest BCUT2D eigenvalue weighted by Gasteiger charge is 2.19. The molecule has 2 amide bonds. The highest BCUT2D eigenvalue weighted by molar-refractivity contribution is 5.86. The molecule has 0 bridgehead atoms. The Hall–Kier alpha value is -1.97. The minimum Gasteiger partial charge on any atom is -0.356 e. The highest BCUT2D eigenvalue weighted by Crippen LogP contribution is 2.09. The van der Waals surface area contributed by atoms with Gasteiger partial charge in [-0.2, -0.15) is 0 Å². The van der Waals surface area contributed by atoms with E-state index in [-0.39, 0.29) is 17.7 Å². The summed E-state index contributed by atoms with van der Waals surface area (Å²) in [4.78, 5) is 27.0. The molecule has 1 unspecified atom stereocenters. The lowest BCUT2D eigenvalue weighted by Gasteiger charge is -2.14. The molecule has 1 aromatic rings. The maximum atomic E-state index is 12.0. The first-order valence-electron chi connectivity index (χ1n) is 6.44. The number of fused-ring (bicyclic) bond motifs is 1. The molecule has 19 heavy (non-hydrogen) atoms. The summed E-state index contributed by atoms with van der Waals surface area (Å²) in [5, 5.41) is 4.55. The molecule has 100 valence electrons. The standard InChI is InChI=1S/C15H18N2O2/c1-9-4-5-10(2)14-13(9)8-12(15(19)17-14)6-7-16-11(3)18/h4-5,8,12H,6-7H2,1-3H3,(H,16,18). The summed E-state index contributed by atoms with van der Waals surface area (Å²) in [6.07, 6.45) is 2.57. The highest BCUT2D eigenvalue weighted by atomic mass is 16.2. The Morgan fingerprint density at radius 3 is 2.68 bits per heavy atom. The number of nitrogens with zero attached hydrogens (tertiary/aromatic N) is 1. The van der Waals surface area contributed by atoms with Gasteiger partial charge in [0.25, 0.3) is 5.91 Å². The van der Waals surface area contributed by atoms with E-state index in [4.69, 9.17) is 0 Å². The number of benzene rings is 1. The summed E-state index contributed by atoms with van der Waals surface area (Å²) in [6, 6.07) is 4.03. The van der Waals surface area contributed by atoms with E-state index in [9.17, 15) is 9.59 Å². The molecule has 0 spiro atoms. The number of carbonyl (C=O) groups excluding carboxylic acids is 2. The Labute approximate surface area is 112 Å². The molecule has 2 rings (SSSR count). The van der Waals surface area contributed by atoms with Crippen molar-refractivity contribution in [1.82, 2.24) is 5.32 Å². The zero-order chi connectivity index (χ0) is 14.0. The molecule has 0 saturated carbocycles. The first-order chi connectivity index (χ1) is 8.99. The van der Waals surface area contributed by atoms with E-state index < -0.39 is 0 Å². The van der Waals surface area contributed by atoms with Gasteiger partial charge in [0.1, 0.15) is 0 Å². The predicted molar refractivity (Wildman–Crippen MR) is 73.0 cm³/mol. The molecule has 4 nitrogen and oxygen atoms in total. The third-order valence-corrected chi connectivity index (χ3v) is 3.37. The van der Waals surface area contributed by atoms with Crippen LogP contribution in [0.4, 0.5) is 0 Å². The number of rotatable bonds is 3. The second-order valence-corrected chi connectivity index (χ2v) is 4.96. The summed E-state index contributed by atoms with van der Waals surface area (Å²) in [5.74, 6) is -0.431. The van der Waals surface area contributed by atoms with Crippen LogP contribution in [0.15, 0.2) is 17.1 Å². The van der Waals surface area contributed by atoms with Crippen molar-refractivity contribution in [2.75, 3.05) is 6.54 Å². The molecule has 1 aliphatic rings. The Bertz CT molecular complexity index is 647. The van der Waals surface area contributed by atoms with Crippen LogP contribution in [-0.4, -0.2) is 18.4 Å². The summed E-state index contributed by atoms with van der Waals surface area (Å²) in [7, 11) is 0. The van der Waals surface area contributed by atoms with Gasteiger partial charge in [0.05, 0.1) is 11.3 Å². The Morgan fingerprint density at radius 2 is 2.00 bits per heavy atom. The lowest BCUT2D eigenvalue weighted by Crippen LogP contribution is -2.38. The molecular weight excluding hydrogens is 240 g/mol. The Balaban J connectivity index is 2.31. The van der Waals surface area contributed by atoms with Crippen molar-refractivity contribution in [2.24, 2.45) is 10.9 Å². The average Bonchev–Trinajstić information content (AvgIpc) is 2.35. The van der Waals surface area contributed by atoms with Gasteiger partial charge in [0.2, 0.25) is 5.91 Å². The van der Waals surface area contributed by atoms with Gasteiger partial charge in [-0.1, -0.05) is 18.2 Å². The van der Waals surface area contributed by atoms with E-state index in [1.807, 2.05) is 32.1 Å². The molecule has 1 N–H and O–H groups in total. The SMILES string of the molecule is CC(=O)NCCC1C=c2c(C)ccc(C)c2=NC1=O. The number of carbonyl (C=O) groups is 2. The number of amides is 2. The maximum absolute atomic E-state index is 12.0. The molecular formula is C15H18N2O2. The first-order valence-corrected chi connectivity index (χ1v) is 6.44. The van der Waals surface area contributed by atoms with Gasteiger partial charge in [0, 0.05) is 18.7 Å². The third-order valence-electron chi connectivity index (χ3n) is 3.37. The fourth-order valence-electron chi connectivity index (χ4n) is 2.25. The van der Waals surface area contributed by atoms with Gasteiger partial charge in [-0.05, 0) is 31.4 Å². The number of hydrogen-bond acceptors (Lipinski definition) is 2. The van der Waals surface area contributed by atoms with Gasteiger partial charge >= 0.3 is 0 Å². The van der Waals surface area contributed by atoms with E-state index >= 15 is 0 Å². The van der Waals surface area contributed by atoms with Crippen LogP contribution >= 0.6 is 0 Å². The largest absolute Gasteiger partial charge is 0.356 e. The van der Waals surface area contributed by atoms with Gasteiger partial charge in [-0.3, -0.25) is 9.59 Å². The Morgan fingerprint density at radius 1 is 1.32 bits per heavy atom. The van der Waals surface area contributed by atoms with E-state index in [1.165, 1.54) is 6.92 Å². The summed E-state index contributed by atoms with van der Waals surface area (Å²) < 4.78 is 0. The molecule has 0 saturated heterocycles. The number of nitrogens with one attached hydrogen (secondary N) is 1. The molecule has 0 aromatic heterocycles. The zero-order valence-corrected chi connectivity index (χ0v) is 11.5. The van der Waals surface area contributed by atoms with Crippen LogP contribution in [0.3, 0.4) is 0 Å². The van der Waals surface area contributed by atoms with Crippen LogP contribution in [0.2, 0.25) is 0 Å². The minimum absolute atomic E-state index is 0.0763. The quantitative estimate of drug-likeness (QED) is 0.852. The molecule has 1 heterocycles. The predicted octanol–water partition coefficient (Wildman–Crippen LogP) is 0.386. The second kappa shape index (κ2) is 5.34. The minimum atomic E-state index is -0.236. The lowest BCUT2D eigenvalue weighted by molar-refractivity contribution is -0.121. The van der Waals surface area contributed by atoms with Crippen molar-refractivity contribution in [3.63, 3.8) is 0 Å². The van der Waals surface area contributed by atoms with Crippen LogP contribution in [0.1, 0.15) is 24.5 Å². The van der Waals surface area contributed by atoms with E-state index in [1.54, 1.807) is 0 Å². The molecule has 0 aliphatic carbocycles. The molecule has 1 atom stereocenters. The molecule has 1 aliphatic heterocycles. The van der Waals surface area contributed by atoms with Crippen molar-refractivity contribution in [3.05, 3.63) is 33.8 Å². The van der Waals surface area contributed by atoms with Crippen molar-refractivity contribution in [1.29, 1.82) is 0 Å². The smallest absolute Gasteiger partial charge is 0.253 e. The van der Waals surface area contributed by atoms with Crippen LogP contribution in [0.25, 0.3) is 6.08 Å². The lowest BCUT2D eigenvalue weighted by atomic mass is 9.97. The summed E-state index contributed by atoms with van der Waals surface area (Å²) in [6.45, 7) is 5.95. The van der Waals surface area contributed by atoms with E-state index in [0.29, 0.717) is 13.0 Å². The van der Waals surface area contributed by atoms with Crippen molar-refractivity contribution in [2.45, 2.75) is 27.2 Å². The van der Waals surface area contributed by atoms with Crippen molar-refractivity contribution >= 4 is 17.9 Å². The molecule has 0 fully saturated rings. The fourth-order valence-corrected chi connectivity index (χ4v) is 2.25.